The fourth-order valence-corrected chi connectivity index (χ4v) is 15.9. The minimum Gasteiger partial charge on any atom is -0.414 e. The van der Waals surface area contributed by atoms with Gasteiger partial charge in [0.25, 0.3) is 0 Å². The molecule has 0 spiro atoms. The zero-order valence-corrected chi connectivity index (χ0v) is 19.2. The van der Waals surface area contributed by atoms with E-state index in [2.05, 4.69) is 55.4 Å². The minimum absolute atomic E-state index is 0.0302. The molecule has 1 aliphatic carbocycles. The molecule has 1 aliphatic heterocycles. The summed E-state index contributed by atoms with van der Waals surface area (Å²) in [6.45, 7) is 17.9. The summed E-state index contributed by atoms with van der Waals surface area (Å²) in [5.41, 5.74) is 7.12. The maximum absolute atomic E-state index is 14.8. The highest BCUT2D eigenvalue weighted by atomic mass is 28.5. The van der Waals surface area contributed by atoms with Crippen molar-refractivity contribution in [2.75, 3.05) is 6.61 Å². The molecule has 0 aromatic heterocycles. The molecule has 4 nitrogen and oxygen atoms in total. The Kier molecular flexibility index (Phi) is 6.60. The number of nitrogens with two attached hydrogens (primary N) is 1. The van der Waals surface area contributed by atoms with Gasteiger partial charge in [-0.3, -0.25) is 0 Å². The van der Waals surface area contributed by atoms with Crippen molar-refractivity contribution in [2.24, 2.45) is 11.7 Å². The van der Waals surface area contributed by atoms with Crippen LogP contribution in [0.2, 0.25) is 22.2 Å². The predicted molar refractivity (Wildman–Crippen MR) is 105 cm³/mol. The maximum atomic E-state index is 14.8. The Labute approximate surface area is 155 Å². The molecule has 2 N–H and O–H groups in total. The Bertz CT molecular complexity index is 446. The van der Waals surface area contributed by atoms with Gasteiger partial charge in [0.1, 0.15) is 6.17 Å². The molecule has 4 atom stereocenters. The lowest BCUT2D eigenvalue weighted by molar-refractivity contribution is 0.00733. The normalized spacial score (nSPS) is 35.3. The van der Waals surface area contributed by atoms with Crippen LogP contribution in [0.1, 0.15) is 61.8 Å². The Balaban J connectivity index is 2.53. The van der Waals surface area contributed by atoms with E-state index in [4.69, 9.17) is 18.7 Å². The number of fused-ring (bicyclic) bond motifs is 1. The Morgan fingerprint density at radius 2 is 1.36 bits per heavy atom. The summed E-state index contributed by atoms with van der Waals surface area (Å²) >= 11 is 0. The molecule has 148 valence electrons. The second-order valence-corrected chi connectivity index (χ2v) is 18.0. The van der Waals surface area contributed by atoms with Crippen LogP contribution in [0.15, 0.2) is 0 Å². The van der Waals surface area contributed by atoms with Crippen molar-refractivity contribution < 1.29 is 17.4 Å². The fourth-order valence-electron chi connectivity index (χ4n) is 4.60. The Morgan fingerprint density at radius 3 is 1.80 bits per heavy atom. The summed E-state index contributed by atoms with van der Waals surface area (Å²) in [6.07, 6.45) is -0.987. The van der Waals surface area contributed by atoms with Crippen LogP contribution >= 0.6 is 0 Å². The largest absolute Gasteiger partial charge is 0.414 e. The van der Waals surface area contributed by atoms with E-state index in [9.17, 15) is 4.39 Å². The SMILES string of the molecule is CC(C)[Si]1(C(C)C)OC[C@H]2C[C@@H](N)[C@@H](F)[C@@H]2O[Si](C(C)C)(C(C)C)O1. The third-order valence-electron chi connectivity index (χ3n) is 6.14. The molecule has 0 radical (unpaired) electrons. The van der Waals surface area contributed by atoms with Crippen LogP contribution < -0.4 is 5.73 Å². The summed E-state index contributed by atoms with van der Waals surface area (Å²) in [4.78, 5) is 0. The van der Waals surface area contributed by atoms with E-state index in [1.807, 2.05) is 0 Å². The first-order valence-electron chi connectivity index (χ1n) is 9.89. The number of hydrogen-bond acceptors (Lipinski definition) is 4. The highest BCUT2D eigenvalue weighted by molar-refractivity contribution is 6.83. The molecule has 1 saturated heterocycles. The second kappa shape index (κ2) is 7.68. The van der Waals surface area contributed by atoms with E-state index in [0.717, 1.165) is 0 Å². The molecular weight excluding hydrogens is 353 g/mol. The van der Waals surface area contributed by atoms with Gasteiger partial charge < -0.3 is 18.7 Å². The molecule has 25 heavy (non-hydrogen) atoms. The lowest BCUT2D eigenvalue weighted by atomic mass is 10.1. The van der Waals surface area contributed by atoms with Gasteiger partial charge in [0.05, 0.1) is 6.10 Å². The molecule has 2 rings (SSSR count). The molecule has 0 aromatic carbocycles. The molecular formula is C18H38FNO3Si2. The van der Waals surface area contributed by atoms with E-state index in [1.54, 1.807) is 0 Å². The molecule has 0 unspecified atom stereocenters. The van der Waals surface area contributed by atoms with Gasteiger partial charge in [-0.1, -0.05) is 55.4 Å². The van der Waals surface area contributed by atoms with Gasteiger partial charge in [-0.05, 0) is 28.6 Å². The van der Waals surface area contributed by atoms with Crippen LogP contribution in [0.25, 0.3) is 0 Å². The number of hydrogen-bond donors (Lipinski definition) is 1. The average Bonchev–Trinajstić information content (AvgIpc) is 2.73. The van der Waals surface area contributed by atoms with Crippen LogP contribution in [-0.2, 0) is 13.0 Å². The first-order valence-corrected chi connectivity index (χ1v) is 13.8. The maximum Gasteiger partial charge on any atom is 0.335 e. The van der Waals surface area contributed by atoms with Gasteiger partial charge in [0, 0.05) is 18.6 Å². The van der Waals surface area contributed by atoms with Crippen molar-refractivity contribution in [3.63, 3.8) is 0 Å². The Hall–Kier alpha value is 0.204. The molecule has 0 amide bonds. The smallest absolute Gasteiger partial charge is 0.335 e. The zero-order valence-electron chi connectivity index (χ0n) is 17.2. The quantitative estimate of drug-likeness (QED) is 0.710. The lowest BCUT2D eigenvalue weighted by Crippen LogP contribution is -2.65. The molecule has 1 heterocycles. The summed E-state index contributed by atoms with van der Waals surface area (Å²) in [7, 11) is -5.21. The van der Waals surface area contributed by atoms with E-state index >= 15 is 0 Å². The van der Waals surface area contributed by atoms with E-state index < -0.39 is 35.4 Å². The number of halogens is 1. The zero-order chi connectivity index (χ0) is 19.2. The molecule has 0 bridgehead atoms. The summed E-state index contributed by atoms with van der Waals surface area (Å²) in [6, 6.07) is -0.461. The van der Waals surface area contributed by atoms with Gasteiger partial charge in [-0.15, -0.1) is 0 Å². The molecule has 2 aliphatic rings. The van der Waals surface area contributed by atoms with Crippen LogP contribution in [0, 0.1) is 5.92 Å². The molecule has 1 saturated carbocycles. The monoisotopic (exact) mass is 391 g/mol. The molecule has 0 aromatic rings. The van der Waals surface area contributed by atoms with E-state index in [0.29, 0.717) is 24.1 Å². The number of alkyl halides is 1. The molecule has 7 heteroatoms. The van der Waals surface area contributed by atoms with Gasteiger partial charge in [0.15, 0.2) is 0 Å². The first kappa shape index (κ1) is 21.5. The lowest BCUT2D eigenvalue weighted by Gasteiger charge is -2.51. The van der Waals surface area contributed by atoms with Crippen LogP contribution in [-0.4, -0.2) is 42.0 Å². The van der Waals surface area contributed by atoms with Crippen molar-refractivity contribution in [3.8, 4) is 0 Å². The van der Waals surface area contributed by atoms with Crippen molar-refractivity contribution in [2.45, 2.75) is 102 Å². The van der Waals surface area contributed by atoms with Gasteiger partial charge in [-0.25, -0.2) is 4.39 Å². The van der Waals surface area contributed by atoms with E-state index in [-0.39, 0.29) is 17.0 Å². The predicted octanol–water partition coefficient (Wildman–Crippen LogP) is 4.63. The standard InChI is InChI=1S/C18H38FNO3Si2/c1-11(2)24(12(3)4)21-10-15-9-16(20)17(19)18(15)22-25(23-24,13(5)6)14(7)8/h11-18H,9-10,20H2,1-8H3/t15-,16-,17-,18-/m1/s1. The summed E-state index contributed by atoms with van der Waals surface area (Å²) in [5.74, 6) is 0.0302. The van der Waals surface area contributed by atoms with Crippen LogP contribution in [0.5, 0.6) is 0 Å². The third-order valence-corrected chi connectivity index (χ3v) is 16.4. The van der Waals surface area contributed by atoms with Gasteiger partial charge in [0.2, 0.25) is 0 Å². The highest BCUT2D eigenvalue weighted by Gasteiger charge is 2.61. The van der Waals surface area contributed by atoms with Crippen LogP contribution in [0.4, 0.5) is 4.39 Å². The summed E-state index contributed by atoms with van der Waals surface area (Å²) < 4.78 is 35.1. The van der Waals surface area contributed by atoms with Crippen molar-refractivity contribution in [1.29, 1.82) is 0 Å². The topological polar surface area (TPSA) is 53.7 Å². The van der Waals surface area contributed by atoms with Gasteiger partial charge in [-0.2, -0.15) is 0 Å². The average molecular weight is 392 g/mol. The minimum atomic E-state index is -2.70. The van der Waals surface area contributed by atoms with Crippen molar-refractivity contribution >= 4 is 17.1 Å². The van der Waals surface area contributed by atoms with Crippen LogP contribution in [0.3, 0.4) is 0 Å². The summed E-state index contributed by atoms with van der Waals surface area (Å²) in [5, 5.41) is 0. The third kappa shape index (κ3) is 3.65. The van der Waals surface area contributed by atoms with Crippen molar-refractivity contribution in [3.05, 3.63) is 0 Å². The fraction of sp³-hybridized carbons (Fsp3) is 1.00. The first-order chi connectivity index (χ1) is 11.5. The van der Waals surface area contributed by atoms with Crippen molar-refractivity contribution in [1.82, 2.24) is 0 Å². The van der Waals surface area contributed by atoms with E-state index in [1.165, 1.54) is 0 Å². The second-order valence-electron chi connectivity index (χ2n) is 9.16. The van der Waals surface area contributed by atoms with Gasteiger partial charge >= 0.3 is 17.1 Å². The Morgan fingerprint density at radius 1 is 0.880 bits per heavy atom. The highest BCUT2D eigenvalue weighted by Crippen LogP contribution is 2.48. The molecule has 2 fully saturated rings. The number of rotatable bonds is 4.